The molecule has 0 bridgehead atoms. The van der Waals surface area contributed by atoms with Gasteiger partial charge in [-0.15, -0.1) is 0 Å². The van der Waals surface area contributed by atoms with Crippen molar-refractivity contribution in [3.8, 4) is 6.07 Å². The minimum Gasteiger partial charge on any atom is -0.466 e. The van der Waals surface area contributed by atoms with Crippen LogP contribution in [0.15, 0.2) is 41.0 Å². The Balaban J connectivity index is 2.68. The fraction of sp³-hybridized carbons (Fsp3) is 0.200. The van der Waals surface area contributed by atoms with Crippen LogP contribution in [0.25, 0.3) is 0 Å². The predicted octanol–water partition coefficient (Wildman–Crippen LogP) is 3.25. The van der Waals surface area contributed by atoms with Gasteiger partial charge in [-0.2, -0.15) is 5.26 Å². The van der Waals surface area contributed by atoms with E-state index in [1.54, 1.807) is 25.1 Å². The van der Waals surface area contributed by atoms with E-state index in [0.29, 0.717) is 15.6 Å². The third-order valence-electron chi connectivity index (χ3n) is 3.29. The summed E-state index contributed by atoms with van der Waals surface area (Å²) in [6.07, 6.45) is 0. The fourth-order valence-corrected chi connectivity index (χ4v) is 2.59. The summed E-state index contributed by atoms with van der Waals surface area (Å²) < 4.78 is 10.1. The summed E-state index contributed by atoms with van der Waals surface area (Å²) in [4.78, 5) is 12.1. The first-order valence-corrected chi connectivity index (χ1v) is 6.97. The Morgan fingerprint density at radius 2 is 2.09 bits per heavy atom. The summed E-state index contributed by atoms with van der Waals surface area (Å²) in [7, 11) is 1.25. The van der Waals surface area contributed by atoms with Crippen LogP contribution in [0.3, 0.4) is 0 Å². The van der Waals surface area contributed by atoms with Crippen LogP contribution in [0.2, 0.25) is 10.0 Å². The lowest BCUT2D eigenvalue weighted by Gasteiger charge is -2.26. The molecule has 1 heterocycles. The number of allylic oxidation sites excluding steroid dienone is 2. The summed E-state index contributed by atoms with van der Waals surface area (Å²) in [6.45, 7) is 1.58. The number of carbonyl (C=O) groups is 1. The second-order valence-electron chi connectivity index (χ2n) is 4.56. The Morgan fingerprint density at radius 1 is 1.41 bits per heavy atom. The standard InChI is InChI=1S/C15H12Cl2N2O3/c1-7-12(15(20)21-2)13(9(6-18)14(19)22-7)8-3-4-10(16)11(17)5-8/h3-5,13H,19H2,1-2H3. The smallest absolute Gasteiger partial charge is 0.338 e. The summed E-state index contributed by atoms with van der Waals surface area (Å²) in [5.74, 6) is -1.10. The van der Waals surface area contributed by atoms with Gasteiger partial charge in [-0.3, -0.25) is 0 Å². The molecule has 1 aromatic rings. The molecule has 0 amide bonds. The quantitative estimate of drug-likeness (QED) is 0.836. The first kappa shape index (κ1) is 16.2. The number of hydrogen-bond acceptors (Lipinski definition) is 5. The number of methoxy groups -OCH3 is 1. The highest BCUT2D eigenvalue weighted by molar-refractivity contribution is 6.42. The van der Waals surface area contributed by atoms with Crippen LogP contribution in [-0.2, 0) is 14.3 Å². The van der Waals surface area contributed by atoms with Crippen molar-refractivity contribution in [3.63, 3.8) is 0 Å². The molecule has 2 N–H and O–H groups in total. The maximum absolute atomic E-state index is 12.1. The molecule has 0 saturated heterocycles. The highest BCUT2D eigenvalue weighted by atomic mass is 35.5. The fourth-order valence-electron chi connectivity index (χ4n) is 2.28. The molecule has 1 aliphatic rings. The number of nitrogens with two attached hydrogens (primary N) is 1. The van der Waals surface area contributed by atoms with Crippen LogP contribution in [0.5, 0.6) is 0 Å². The van der Waals surface area contributed by atoms with E-state index in [9.17, 15) is 10.1 Å². The van der Waals surface area contributed by atoms with Gasteiger partial charge >= 0.3 is 5.97 Å². The van der Waals surface area contributed by atoms with Gasteiger partial charge in [0.25, 0.3) is 0 Å². The van der Waals surface area contributed by atoms with Crippen molar-refractivity contribution < 1.29 is 14.3 Å². The number of rotatable bonds is 2. The van der Waals surface area contributed by atoms with Gasteiger partial charge in [-0.25, -0.2) is 4.79 Å². The first-order chi connectivity index (χ1) is 10.4. The molecule has 1 unspecified atom stereocenters. The topological polar surface area (TPSA) is 85.3 Å². The van der Waals surface area contributed by atoms with Crippen molar-refractivity contribution in [1.82, 2.24) is 0 Å². The molecule has 1 aromatic carbocycles. The Hall–Kier alpha value is -2.16. The maximum atomic E-state index is 12.1. The maximum Gasteiger partial charge on any atom is 0.338 e. The zero-order chi connectivity index (χ0) is 16.4. The SMILES string of the molecule is COC(=O)C1=C(C)OC(N)=C(C#N)C1c1ccc(Cl)c(Cl)c1. The van der Waals surface area contributed by atoms with E-state index in [2.05, 4.69) is 0 Å². The van der Waals surface area contributed by atoms with Gasteiger partial charge in [0, 0.05) is 0 Å². The van der Waals surface area contributed by atoms with Gasteiger partial charge in [0.15, 0.2) is 0 Å². The number of nitriles is 1. The minimum atomic E-state index is -0.721. The van der Waals surface area contributed by atoms with Crippen molar-refractivity contribution in [1.29, 1.82) is 5.26 Å². The molecule has 7 heteroatoms. The van der Waals surface area contributed by atoms with Crippen molar-refractivity contribution in [2.24, 2.45) is 5.73 Å². The van der Waals surface area contributed by atoms with E-state index in [1.807, 2.05) is 6.07 Å². The second-order valence-corrected chi connectivity index (χ2v) is 5.37. The average molecular weight is 339 g/mol. The molecule has 22 heavy (non-hydrogen) atoms. The molecule has 1 atom stereocenters. The van der Waals surface area contributed by atoms with Crippen LogP contribution < -0.4 is 5.73 Å². The number of hydrogen-bond donors (Lipinski definition) is 1. The molecule has 5 nitrogen and oxygen atoms in total. The Labute approximate surface area is 137 Å². The number of carbonyl (C=O) groups excluding carboxylic acids is 1. The normalized spacial score (nSPS) is 17.9. The molecule has 0 fully saturated rings. The van der Waals surface area contributed by atoms with Gasteiger partial charge in [0.05, 0.1) is 28.6 Å². The summed E-state index contributed by atoms with van der Waals surface area (Å²) in [5.41, 5.74) is 6.68. The van der Waals surface area contributed by atoms with Crippen LogP contribution in [0.4, 0.5) is 0 Å². The van der Waals surface area contributed by atoms with Crippen molar-refractivity contribution >= 4 is 29.2 Å². The van der Waals surface area contributed by atoms with Crippen molar-refractivity contribution in [2.75, 3.05) is 7.11 Å². The molecule has 114 valence electrons. The number of esters is 1. The Morgan fingerprint density at radius 3 is 2.64 bits per heavy atom. The zero-order valence-electron chi connectivity index (χ0n) is 11.8. The molecular weight excluding hydrogens is 327 g/mol. The van der Waals surface area contributed by atoms with Crippen molar-refractivity contribution in [3.05, 3.63) is 56.6 Å². The zero-order valence-corrected chi connectivity index (χ0v) is 13.3. The summed E-state index contributed by atoms with van der Waals surface area (Å²) in [6, 6.07) is 6.82. The molecule has 0 radical (unpaired) electrons. The van der Waals surface area contributed by atoms with E-state index in [1.165, 1.54) is 7.11 Å². The van der Waals surface area contributed by atoms with Gasteiger partial charge in [0.2, 0.25) is 5.88 Å². The third kappa shape index (κ3) is 2.76. The van der Waals surface area contributed by atoms with Crippen molar-refractivity contribution in [2.45, 2.75) is 12.8 Å². The number of ether oxygens (including phenoxy) is 2. The Bertz CT molecular complexity index is 748. The average Bonchev–Trinajstić information content (AvgIpc) is 2.48. The lowest BCUT2D eigenvalue weighted by molar-refractivity contribution is -0.136. The molecule has 0 saturated carbocycles. The predicted molar refractivity (Wildman–Crippen MR) is 81.8 cm³/mol. The van der Waals surface area contributed by atoms with Gasteiger partial charge < -0.3 is 15.2 Å². The Kier molecular flexibility index (Phi) is 4.65. The molecule has 1 aliphatic heterocycles. The van der Waals surface area contributed by atoms with E-state index >= 15 is 0 Å². The highest BCUT2D eigenvalue weighted by Crippen LogP contribution is 2.40. The van der Waals surface area contributed by atoms with Crippen LogP contribution in [0.1, 0.15) is 18.4 Å². The van der Waals surface area contributed by atoms with Crippen LogP contribution in [-0.4, -0.2) is 13.1 Å². The summed E-state index contributed by atoms with van der Waals surface area (Å²) >= 11 is 11.9. The monoisotopic (exact) mass is 338 g/mol. The van der Waals surface area contributed by atoms with Gasteiger partial charge in [0.1, 0.15) is 17.4 Å². The van der Waals surface area contributed by atoms with E-state index in [-0.39, 0.29) is 22.8 Å². The molecule has 0 spiro atoms. The minimum absolute atomic E-state index is 0.0521. The molecule has 0 aromatic heterocycles. The van der Waals surface area contributed by atoms with E-state index < -0.39 is 11.9 Å². The number of nitrogens with zero attached hydrogens (tertiary/aromatic N) is 1. The third-order valence-corrected chi connectivity index (χ3v) is 4.03. The number of benzene rings is 1. The highest BCUT2D eigenvalue weighted by Gasteiger charge is 2.36. The van der Waals surface area contributed by atoms with Gasteiger partial charge in [-0.05, 0) is 24.6 Å². The number of halogens is 2. The molecule has 2 rings (SSSR count). The first-order valence-electron chi connectivity index (χ1n) is 6.22. The lowest BCUT2D eigenvalue weighted by atomic mass is 9.83. The molecular formula is C15H12Cl2N2O3. The molecule has 0 aliphatic carbocycles. The van der Waals surface area contributed by atoms with Gasteiger partial charge in [-0.1, -0.05) is 29.3 Å². The lowest BCUT2D eigenvalue weighted by Crippen LogP contribution is -2.25. The largest absolute Gasteiger partial charge is 0.466 e. The van der Waals surface area contributed by atoms with Crippen LogP contribution >= 0.6 is 23.2 Å². The van der Waals surface area contributed by atoms with E-state index in [4.69, 9.17) is 38.4 Å². The van der Waals surface area contributed by atoms with Crippen LogP contribution in [0, 0.1) is 11.3 Å². The summed E-state index contributed by atoms with van der Waals surface area (Å²) in [5, 5.41) is 10.1. The second kappa shape index (κ2) is 6.30. The van der Waals surface area contributed by atoms with E-state index in [0.717, 1.165) is 0 Å².